The SMILES string of the molecule is COC(=O)C(O)c1sc2ncccc2c1Br. The lowest BCUT2D eigenvalue weighted by Gasteiger charge is -2.05. The summed E-state index contributed by atoms with van der Waals surface area (Å²) in [7, 11) is 1.24. The van der Waals surface area contributed by atoms with Crippen LogP contribution in [0.4, 0.5) is 0 Å². The minimum Gasteiger partial charge on any atom is -0.467 e. The zero-order valence-corrected chi connectivity index (χ0v) is 10.7. The van der Waals surface area contributed by atoms with Crippen LogP contribution in [-0.2, 0) is 9.53 Å². The summed E-state index contributed by atoms with van der Waals surface area (Å²) in [5, 5.41) is 10.6. The van der Waals surface area contributed by atoms with E-state index >= 15 is 0 Å². The van der Waals surface area contributed by atoms with Gasteiger partial charge in [0.15, 0.2) is 6.10 Å². The van der Waals surface area contributed by atoms with Crippen LogP contribution in [0.3, 0.4) is 0 Å². The molecule has 0 aromatic carbocycles. The Morgan fingerprint density at radius 3 is 3.06 bits per heavy atom. The third-order valence-electron chi connectivity index (χ3n) is 2.10. The number of carbonyl (C=O) groups excluding carboxylic acids is 1. The number of carbonyl (C=O) groups is 1. The molecule has 2 rings (SSSR count). The third kappa shape index (κ3) is 1.83. The van der Waals surface area contributed by atoms with Crippen molar-refractivity contribution in [1.82, 2.24) is 4.98 Å². The molecule has 0 spiro atoms. The number of aliphatic hydroxyl groups is 1. The first kappa shape index (κ1) is 11.5. The number of nitrogens with zero attached hydrogens (tertiary/aromatic N) is 1. The van der Waals surface area contributed by atoms with Crippen molar-refractivity contribution in [2.24, 2.45) is 0 Å². The minimum absolute atomic E-state index is 0.514. The van der Waals surface area contributed by atoms with Crippen LogP contribution in [0.15, 0.2) is 22.8 Å². The van der Waals surface area contributed by atoms with E-state index in [9.17, 15) is 9.90 Å². The fourth-order valence-electron chi connectivity index (χ4n) is 1.32. The second kappa shape index (κ2) is 4.48. The number of rotatable bonds is 2. The lowest BCUT2D eigenvalue weighted by molar-refractivity contribution is -0.150. The van der Waals surface area contributed by atoms with Crippen molar-refractivity contribution in [3.8, 4) is 0 Å². The van der Waals surface area contributed by atoms with Gasteiger partial charge in [0.25, 0.3) is 0 Å². The van der Waals surface area contributed by atoms with Gasteiger partial charge in [-0.3, -0.25) is 0 Å². The maximum absolute atomic E-state index is 11.2. The van der Waals surface area contributed by atoms with E-state index in [1.165, 1.54) is 18.4 Å². The topological polar surface area (TPSA) is 59.4 Å². The van der Waals surface area contributed by atoms with Gasteiger partial charge in [-0.2, -0.15) is 0 Å². The molecular formula is C10H8BrNO3S. The van der Waals surface area contributed by atoms with Crippen LogP contribution in [0.1, 0.15) is 11.0 Å². The normalized spacial score (nSPS) is 12.7. The highest BCUT2D eigenvalue weighted by Gasteiger charge is 2.24. The number of esters is 1. The van der Waals surface area contributed by atoms with Gasteiger partial charge < -0.3 is 9.84 Å². The Hall–Kier alpha value is -0.980. The molecule has 0 fully saturated rings. The first-order chi connectivity index (χ1) is 7.65. The van der Waals surface area contributed by atoms with Crippen molar-refractivity contribution in [2.45, 2.75) is 6.10 Å². The average Bonchev–Trinajstić information content (AvgIpc) is 2.65. The van der Waals surface area contributed by atoms with Crippen molar-refractivity contribution in [1.29, 1.82) is 0 Å². The summed E-state index contributed by atoms with van der Waals surface area (Å²) in [6, 6.07) is 3.67. The van der Waals surface area contributed by atoms with Crippen molar-refractivity contribution >= 4 is 43.5 Å². The fraction of sp³-hybridized carbons (Fsp3) is 0.200. The molecule has 6 heteroatoms. The molecule has 1 atom stereocenters. The molecule has 2 heterocycles. The zero-order chi connectivity index (χ0) is 11.7. The maximum Gasteiger partial charge on any atom is 0.340 e. The number of ether oxygens (including phenoxy) is 1. The van der Waals surface area contributed by atoms with Gasteiger partial charge in [0.2, 0.25) is 0 Å². The lowest BCUT2D eigenvalue weighted by atomic mass is 10.2. The first-order valence-electron chi connectivity index (χ1n) is 4.44. The van der Waals surface area contributed by atoms with Crippen LogP contribution in [0.2, 0.25) is 0 Å². The van der Waals surface area contributed by atoms with Gasteiger partial charge in [0, 0.05) is 16.1 Å². The molecule has 0 bridgehead atoms. The van der Waals surface area contributed by atoms with Gasteiger partial charge >= 0.3 is 5.97 Å². The predicted octanol–water partition coefficient (Wildman–Crippen LogP) is 2.27. The smallest absolute Gasteiger partial charge is 0.340 e. The quantitative estimate of drug-likeness (QED) is 0.865. The Kier molecular flexibility index (Phi) is 3.22. The van der Waals surface area contributed by atoms with Crippen molar-refractivity contribution in [2.75, 3.05) is 7.11 Å². The van der Waals surface area contributed by atoms with Crippen LogP contribution in [0.25, 0.3) is 10.2 Å². The average molecular weight is 302 g/mol. The van der Waals surface area contributed by atoms with Gasteiger partial charge in [0.1, 0.15) is 4.83 Å². The van der Waals surface area contributed by atoms with Crippen molar-refractivity contribution in [3.63, 3.8) is 0 Å². The van der Waals surface area contributed by atoms with E-state index in [4.69, 9.17) is 0 Å². The fourth-order valence-corrected chi connectivity index (χ4v) is 3.24. The molecule has 0 amide bonds. The highest BCUT2D eigenvalue weighted by molar-refractivity contribution is 9.10. The minimum atomic E-state index is -1.27. The molecule has 1 unspecified atom stereocenters. The van der Waals surface area contributed by atoms with E-state index in [2.05, 4.69) is 25.7 Å². The molecule has 0 aliphatic carbocycles. The number of pyridine rings is 1. The van der Waals surface area contributed by atoms with Crippen LogP contribution in [-0.4, -0.2) is 23.2 Å². The maximum atomic E-state index is 11.2. The van der Waals surface area contributed by atoms with Crippen LogP contribution < -0.4 is 0 Å². The van der Waals surface area contributed by atoms with E-state index in [1.54, 1.807) is 12.3 Å². The van der Waals surface area contributed by atoms with Gasteiger partial charge in [-0.15, -0.1) is 11.3 Å². The largest absolute Gasteiger partial charge is 0.467 e. The highest BCUT2D eigenvalue weighted by Crippen LogP contribution is 2.38. The number of hydrogen-bond acceptors (Lipinski definition) is 5. The van der Waals surface area contributed by atoms with Crippen molar-refractivity contribution < 1.29 is 14.6 Å². The van der Waals surface area contributed by atoms with E-state index in [0.29, 0.717) is 9.35 Å². The van der Waals surface area contributed by atoms with E-state index in [1.807, 2.05) is 6.07 Å². The zero-order valence-electron chi connectivity index (χ0n) is 8.31. The van der Waals surface area contributed by atoms with Gasteiger partial charge in [-0.1, -0.05) is 0 Å². The molecule has 0 aliphatic heterocycles. The molecule has 2 aromatic rings. The molecule has 2 aromatic heterocycles. The standard InChI is InChI=1S/C10H8BrNO3S/c1-15-10(14)7(13)8-6(11)5-3-2-4-12-9(5)16-8/h2-4,7,13H,1H3. The molecule has 4 nitrogen and oxygen atoms in total. The molecule has 0 saturated heterocycles. The summed E-state index contributed by atoms with van der Waals surface area (Å²) in [4.78, 5) is 16.7. The van der Waals surface area contributed by atoms with Gasteiger partial charge in [-0.05, 0) is 28.1 Å². The van der Waals surface area contributed by atoms with E-state index < -0.39 is 12.1 Å². The Morgan fingerprint density at radius 2 is 2.44 bits per heavy atom. The molecule has 0 saturated carbocycles. The summed E-state index contributed by atoms with van der Waals surface area (Å²) in [5.41, 5.74) is 0. The molecule has 1 N–H and O–H groups in total. The number of aliphatic hydroxyl groups excluding tert-OH is 1. The van der Waals surface area contributed by atoms with Crippen molar-refractivity contribution in [3.05, 3.63) is 27.7 Å². The highest BCUT2D eigenvalue weighted by atomic mass is 79.9. The second-order valence-corrected chi connectivity index (χ2v) is 4.89. The molecule has 16 heavy (non-hydrogen) atoms. The summed E-state index contributed by atoms with van der Waals surface area (Å²) in [5.74, 6) is -0.674. The predicted molar refractivity (Wildman–Crippen MR) is 64.3 cm³/mol. The third-order valence-corrected chi connectivity index (χ3v) is 4.39. The summed E-state index contributed by atoms with van der Waals surface area (Å²) in [6.45, 7) is 0. The summed E-state index contributed by atoms with van der Waals surface area (Å²) < 4.78 is 5.19. The number of aromatic nitrogens is 1. The van der Waals surface area contributed by atoms with E-state index in [0.717, 1.165) is 10.2 Å². The van der Waals surface area contributed by atoms with Crippen LogP contribution in [0, 0.1) is 0 Å². The van der Waals surface area contributed by atoms with Gasteiger partial charge in [-0.25, -0.2) is 9.78 Å². The van der Waals surface area contributed by atoms with Crippen LogP contribution in [0.5, 0.6) is 0 Å². The van der Waals surface area contributed by atoms with Crippen LogP contribution >= 0.6 is 27.3 Å². The molecule has 0 aliphatic rings. The second-order valence-electron chi connectivity index (χ2n) is 3.06. The number of halogens is 1. The number of thiophene rings is 1. The number of methoxy groups -OCH3 is 1. The monoisotopic (exact) mass is 301 g/mol. The van der Waals surface area contributed by atoms with E-state index in [-0.39, 0.29) is 0 Å². The Bertz CT molecular complexity index is 540. The Labute approximate surface area is 104 Å². The molecule has 84 valence electrons. The summed E-state index contributed by atoms with van der Waals surface area (Å²) >= 11 is 4.62. The Balaban J connectivity index is 2.53. The first-order valence-corrected chi connectivity index (χ1v) is 6.05. The molecule has 0 radical (unpaired) electrons. The number of hydrogen-bond donors (Lipinski definition) is 1. The Morgan fingerprint density at radius 1 is 1.69 bits per heavy atom. The summed E-state index contributed by atoms with van der Waals surface area (Å²) in [6.07, 6.45) is 0.401. The molecular weight excluding hydrogens is 294 g/mol. The lowest BCUT2D eigenvalue weighted by Crippen LogP contribution is -2.12. The van der Waals surface area contributed by atoms with Gasteiger partial charge in [0.05, 0.1) is 12.0 Å². The number of fused-ring (bicyclic) bond motifs is 1.